The van der Waals surface area contributed by atoms with Crippen molar-refractivity contribution in [1.82, 2.24) is 16.0 Å². The summed E-state index contributed by atoms with van der Waals surface area (Å²) in [7, 11) is -3.16. The molecule has 0 saturated carbocycles. The number of sulfone groups is 1. The van der Waals surface area contributed by atoms with Crippen LogP contribution in [0.2, 0.25) is 0 Å². The van der Waals surface area contributed by atoms with Gasteiger partial charge in [-0.1, -0.05) is 5.16 Å². The molecule has 27 heavy (non-hydrogen) atoms. The van der Waals surface area contributed by atoms with Gasteiger partial charge in [0.1, 0.15) is 21.1 Å². The van der Waals surface area contributed by atoms with E-state index in [0.29, 0.717) is 17.2 Å². The first-order valence-electron chi connectivity index (χ1n) is 8.12. The molecule has 1 aromatic heterocycles. The number of carbonyl (C=O) groups excluding carboxylic acids is 1. The molecule has 0 atom stereocenters. The molecule has 1 aromatic carbocycles. The molecule has 0 aliphatic carbocycles. The predicted octanol–water partition coefficient (Wildman–Crippen LogP) is 1.61. The Kier molecular flexibility index (Phi) is 6.03. The molecular weight excluding hydrogens is 489 g/mol. The third kappa shape index (κ3) is 4.59. The van der Waals surface area contributed by atoms with Gasteiger partial charge in [0.2, 0.25) is 0 Å². The van der Waals surface area contributed by atoms with Crippen LogP contribution in [0.15, 0.2) is 34.9 Å². The van der Waals surface area contributed by atoms with Gasteiger partial charge in [-0.25, -0.2) is 13.9 Å². The molecule has 9 nitrogen and oxygen atoms in total. The molecule has 1 fully saturated rings. The van der Waals surface area contributed by atoms with E-state index in [-0.39, 0.29) is 30.9 Å². The summed E-state index contributed by atoms with van der Waals surface area (Å²) in [5.74, 6) is 0.366. The van der Waals surface area contributed by atoms with Gasteiger partial charge in [-0.2, -0.15) is 0 Å². The fourth-order valence-corrected chi connectivity index (χ4v) is 4.76. The number of amides is 1. The van der Waals surface area contributed by atoms with Crippen LogP contribution in [0.25, 0.3) is 11.3 Å². The molecule has 1 aliphatic rings. The molecule has 1 aliphatic heterocycles. The molecular formula is C16H18IN3O6S. The topological polar surface area (TPSA) is 131 Å². The Hall–Kier alpha value is -1.70. The van der Waals surface area contributed by atoms with Crippen molar-refractivity contribution in [1.29, 1.82) is 0 Å². The van der Waals surface area contributed by atoms with Gasteiger partial charge in [0.05, 0.1) is 17.2 Å². The summed E-state index contributed by atoms with van der Waals surface area (Å²) in [6.45, 7) is 0.186. The van der Waals surface area contributed by atoms with E-state index in [1.165, 1.54) is 0 Å². The van der Waals surface area contributed by atoms with E-state index in [2.05, 4.69) is 10.5 Å². The number of aromatic nitrogens is 1. The van der Waals surface area contributed by atoms with Crippen molar-refractivity contribution in [3.05, 3.63) is 36.0 Å². The quantitative estimate of drug-likeness (QED) is 0.306. The van der Waals surface area contributed by atoms with E-state index in [0.717, 1.165) is 5.56 Å². The lowest BCUT2D eigenvalue weighted by molar-refractivity contribution is -0.136. The molecule has 0 bridgehead atoms. The first-order chi connectivity index (χ1) is 12.9. The molecule has 2 aromatic rings. The average Bonchev–Trinajstić information content (AvgIpc) is 3.16. The highest BCUT2D eigenvalue weighted by Gasteiger charge is 2.43. The summed E-state index contributed by atoms with van der Waals surface area (Å²) in [6, 6.07) is 8.99. The Morgan fingerprint density at radius 3 is 2.56 bits per heavy atom. The average molecular weight is 507 g/mol. The van der Waals surface area contributed by atoms with Crippen molar-refractivity contribution in [3.63, 3.8) is 0 Å². The third-order valence-electron chi connectivity index (χ3n) is 4.61. The van der Waals surface area contributed by atoms with Gasteiger partial charge in [0.25, 0.3) is 5.91 Å². The second-order valence-corrected chi connectivity index (χ2v) is 9.06. The van der Waals surface area contributed by atoms with Crippen molar-refractivity contribution in [2.45, 2.75) is 24.9 Å². The number of nitrogens with one attached hydrogen (secondary N) is 2. The fourth-order valence-electron chi connectivity index (χ4n) is 2.94. The smallest absolute Gasteiger partial charge is 0.263 e. The zero-order chi connectivity index (χ0) is 19.5. The Morgan fingerprint density at radius 1 is 1.30 bits per heavy atom. The Morgan fingerprint density at radius 2 is 1.96 bits per heavy atom. The van der Waals surface area contributed by atoms with Crippen LogP contribution in [0.4, 0.5) is 0 Å². The Labute approximate surface area is 170 Å². The number of rotatable bonds is 6. The van der Waals surface area contributed by atoms with Gasteiger partial charge >= 0.3 is 0 Å². The maximum atomic E-state index is 12.1. The van der Waals surface area contributed by atoms with Crippen LogP contribution in [0, 0.1) is 0 Å². The van der Waals surface area contributed by atoms with Crippen LogP contribution < -0.4 is 13.9 Å². The molecule has 0 unspecified atom stereocenters. The van der Waals surface area contributed by atoms with Crippen LogP contribution >= 0.6 is 23.0 Å². The summed E-state index contributed by atoms with van der Waals surface area (Å²) < 4.78 is 33.8. The summed E-state index contributed by atoms with van der Waals surface area (Å²) in [5.41, 5.74) is 1.83. The number of nitrogens with zero attached hydrogens (tertiary/aromatic N) is 1. The molecule has 146 valence electrons. The highest BCUT2D eigenvalue weighted by molar-refractivity contribution is 14.1. The molecule has 1 amide bonds. The van der Waals surface area contributed by atoms with Gasteiger partial charge in [-0.05, 0) is 37.1 Å². The van der Waals surface area contributed by atoms with E-state index >= 15 is 0 Å². The standard InChI is InChI=1S/C16H18IN3O6S/c17-25-13-3-1-11(2-4-13)14-9-12(20-26-14)10-18-16(15(21)19-22)5-7-27(23,24)8-6-16/h1-4,9,18,22H,5-8,10H2,(H,19,21). The molecule has 0 spiro atoms. The number of hydrogen-bond donors (Lipinski definition) is 3. The van der Waals surface area contributed by atoms with E-state index in [1.54, 1.807) is 46.7 Å². The monoisotopic (exact) mass is 507 g/mol. The molecule has 0 radical (unpaired) electrons. The van der Waals surface area contributed by atoms with Crippen LogP contribution in [-0.2, 0) is 21.2 Å². The van der Waals surface area contributed by atoms with E-state index in [4.69, 9.17) is 12.8 Å². The van der Waals surface area contributed by atoms with Gasteiger partial charge in [-0.15, -0.1) is 0 Å². The zero-order valence-electron chi connectivity index (χ0n) is 14.1. The predicted molar refractivity (Wildman–Crippen MR) is 104 cm³/mol. The largest absolute Gasteiger partial charge is 0.428 e. The number of hydrogen-bond acceptors (Lipinski definition) is 8. The zero-order valence-corrected chi connectivity index (χ0v) is 17.1. The number of halogens is 1. The van der Waals surface area contributed by atoms with Crippen molar-refractivity contribution in [2.24, 2.45) is 0 Å². The number of carbonyl (C=O) groups is 1. The van der Waals surface area contributed by atoms with Crippen molar-refractivity contribution < 1.29 is 26.0 Å². The second kappa shape index (κ2) is 8.12. The SMILES string of the molecule is O=C(NO)C1(NCc2cc(-c3ccc(OI)cc3)on2)CCS(=O)(=O)CC1. The lowest BCUT2D eigenvalue weighted by atomic mass is 9.91. The number of benzene rings is 1. The fraction of sp³-hybridized carbons (Fsp3) is 0.375. The van der Waals surface area contributed by atoms with Crippen LogP contribution in [-0.4, -0.2) is 41.7 Å². The van der Waals surface area contributed by atoms with Gasteiger partial charge < -0.3 is 7.59 Å². The van der Waals surface area contributed by atoms with Crippen molar-refractivity contribution in [2.75, 3.05) is 11.5 Å². The summed E-state index contributed by atoms with van der Waals surface area (Å²) >= 11 is 1.80. The highest BCUT2D eigenvalue weighted by atomic mass is 127. The number of hydroxylamine groups is 1. The first kappa shape index (κ1) is 20.0. The van der Waals surface area contributed by atoms with Crippen molar-refractivity contribution >= 4 is 38.8 Å². The van der Waals surface area contributed by atoms with Crippen molar-refractivity contribution in [3.8, 4) is 17.1 Å². The Bertz CT molecular complexity index is 898. The molecule has 3 rings (SSSR count). The van der Waals surface area contributed by atoms with Crippen LogP contribution in [0.5, 0.6) is 5.75 Å². The first-order valence-corrected chi connectivity index (χ1v) is 10.8. The van der Waals surface area contributed by atoms with E-state index in [9.17, 15) is 13.2 Å². The van der Waals surface area contributed by atoms with Gasteiger partial charge in [-0.3, -0.25) is 15.3 Å². The third-order valence-corrected chi connectivity index (χ3v) is 6.77. The maximum absolute atomic E-state index is 12.1. The minimum absolute atomic E-state index is 0.0736. The van der Waals surface area contributed by atoms with Gasteiger partial charge in [0, 0.05) is 18.2 Å². The second-order valence-electron chi connectivity index (χ2n) is 6.31. The molecule has 3 N–H and O–H groups in total. The van der Waals surface area contributed by atoms with Crippen LogP contribution in [0.1, 0.15) is 18.5 Å². The van der Waals surface area contributed by atoms with E-state index < -0.39 is 21.3 Å². The van der Waals surface area contributed by atoms with Crippen LogP contribution in [0.3, 0.4) is 0 Å². The summed E-state index contributed by atoms with van der Waals surface area (Å²) in [4.78, 5) is 12.1. The molecule has 11 heteroatoms. The lowest BCUT2D eigenvalue weighted by Crippen LogP contribution is -2.59. The summed E-state index contributed by atoms with van der Waals surface area (Å²) in [6.07, 6.45) is 0.147. The normalized spacial score (nSPS) is 18.0. The summed E-state index contributed by atoms with van der Waals surface area (Å²) in [5, 5.41) is 16.1. The minimum Gasteiger partial charge on any atom is -0.428 e. The Balaban J connectivity index is 1.71. The van der Waals surface area contributed by atoms with Gasteiger partial charge in [0.15, 0.2) is 28.8 Å². The molecule has 1 saturated heterocycles. The van der Waals surface area contributed by atoms with E-state index in [1.807, 2.05) is 12.1 Å². The maximum Gasteiger partial charge on any atom is 0.263 e. The lowest BCUT2D eigenvalue weighted by Gasteiger charge is -2.35. The molecule has 2 heterocycles. The highest BCUT2D eigenvalue weighted by Crippen LogP contribution is 2.26. The minimum atomic E-state index is -3.16.